The van der Waals surface area contributed by atoms with Crippen LogP contribution in [0.15, 0.2) is 41.0 Å². The molecule has 2 aromatic heterocycles. The van der Waals surface area contributed by atoms with Crippen LogP contribution in [0.25, 0.3) is 17.2 Å². The fourth-order valence-electron chi connectivity index (χ4n) is 3.55. The summed E-state index contributed by atoms with van der Waals surface area (Å²) in [6.45, 7) is 1.96. The summed E-state index contributed by atoms with van der Waals surface area (Å²) in [7, 11) is 1.00. The van der Waals surface area contributed by atoms with Crippen molar-refractivity contribution in [1.29, 1.82) is 0 Å². The summed E-state index contributed by atoms with van der Waals surface area (Å²) < 4.78 is 20.0. The van der Waals surface area contributed by atoms with Gasteiger partial charge in [-0.15, -0.1) is 0 Å². The minimum Gasteiger partial charge on any atom is -0.505 e. The summed E-state index contributed by atoms with van der Waals surface area (Å²) in [5.74, 6) is -3.34. The summed E-state index contributed by atoms with van der Waals surface area (Å²) >= 11 is 0. The Kier molecular flexibility index (Phi) is 7.99. The number of pyridine rings is 2. The van der Waals surface area contributed by atoms with E-state index in [-0.39, 0.29) is 35.5 Å². The van der Waals surface area contributed by atoms with Gasteiger partial charge in [0.2, 0.25) is 12.2 Å². The highest BCUT2D eigenvalue weighted by atomic mass is 19.1. The number of carbonyl (C=O) groups is 2. The molecule has 190 valence electrons. The molecule has 0 fully saturated rings. The second-order valence-corrected chi connectivity index (χ2v) is 7.31. The van der Waals surface area contributed by atoms with E-state index in [1.807, 2.05) is 0 Å². The number of aliphatic hydroxyl groups excluding tert-OH is 2. The van der Waals surface area contributed by atoms with Crippen LogP contribution >= 0.6 is 0 Å². The third kappa shape index (κ3) is 5.02. The van der Waals surface area contributed by atoms with Crippen molar-refractivity contribution in [3.8, 4) is 11.5 Å². The maximum Gasteiger partial charge on any atom is 0.288 e. The second-order valence-electron chi connectivity index (χ2n) is 7.31. The van der Waals surface area contributed by atoms with E-state index in [0.717, 1.165) is 17.9 Å². The van der Waals surface area contributed by atoms with E-state index in [1.165, 1.54) is 18.3 Å². The predicted molar refractivity (Wildman–Crippen MR) is 124 cm³/mol. The third-order valence-corrected chi connectivity index (χ3v) is 5.03. The molecule has 0 unspecified atom stereocenters. The van der Waals surface area contributed by atoms with Gasteiger partial charge in [0.1, 0.15) is 22.4 Å². The van der Waals surface area contributed by atoms with Gasteiger partial charge in [0, 0.05) is 31.8 Å². The zero-order chi connectivity index (χ0) is 26.6. The molecular formula is C23H23FN4O8. The van der Waals surface area contributed by atoms with E-state index < -0.39 is 40.9 Å². The lowest BCUT2D eigenvalue weighted by Crippen LogP contribution is -2.39. The number of ether oxygens (including phenoxy) is 1. The Morgan fingerprint density at radius 1 is 1.17 bits per heavy atom. The molecule has 6 N–H and O–H groups in total. The van der Waals surface area contributed by atoms with Crippen molar-refractivity contribution in [3.05, 3.63) is 69.1 Å². The number of hydrogen-bond donors (Lipinski definition) is 6. The first kappa shape index (κ1) is 26.3. The Morgan fingerprint density at radius 3 is 2.44 bits per heavy atom. The van der Waals surface area contributed by atoms with Crippen LogP contribution in [0.5, 0.6) is 11.5 Å². The standard InChI is InChI=1S/C22H19FN4O7.CH4O/c1-2-24-19(29)13-9-27-16-15(17(28)14(21(27)31)20(30)26-22(32)33)25-8-11(18(16)34-13)7-10-3-5-12(23)6-4-10;1-2/h3-6,8-9,22,28,32-33H,2,7H2,1H3,(H,24,29)(H,26,30);2H,1H3. The van der Waals surface area contributed by atoms with Crippen molar-refractivity contribution in [1.82, 2.24) is 20.2 Å². The zero-order valence-electron chi connectivity index (χ0n) is 19.1. The number of rotatable bonds is 6. The number of nitrogens with zero attached hydrogens (tertiary/aromatic N) is 2. The summed E-state index contributed by atoms with van der Waals surface area (Å²) in [6.07, 6.45) is 0.292. The lowest BCUT2D eigenvalue weighted by molar-refractivity contribution is -0.119. The van der Waals surface area contributed by atoms with Crippen molar-refractivity contribution < 1.29 is 39.1 Å². The van der Waals surface area contributed by atoms with Gasteiger partial charge in [-0.3, -0.25) is 23.9 Å². The van der Waals surface area contributed by atoms with E-state index in [9.17, 15) is 23.9 Å². The van der Waals surface area contributed by atoms with Crippen LogP contribution < -0.4 is 20.9 Å². The van der Waals surface area contributed by atoms with Crippen LogP contribution in [0.1, 0.15) is 28.4 Å². The van der Waals surface area contributed by atoms with Crippen LogP contribution in [0, 0.1) is 5.82 Å². The van der Waals surface area contributed by atoms with Gasteiger partial charge in [0.05, 0.1) is 6.20 Å². The Bertz CT molecular complexity index is 1400. The molecule has 3 heterocycles. The van der Waals surface area contributed by atoms with E-state index in [0.29, 0.717) is 11.1 Å². The number of aromatic hydroxyl groups is 1. The van der Waals surface area contributed by atoms with Gasteiger partial charge in [0.15, 0.2) is 11.5 Å². The fourth-order valence-corrected chi connectivity index (χ4v) is 3.55. The number of aliphatic hydroxyl groups is 3. The monoisotopic (exact) mass is 502 g/mol. The second kappa shape index (κ2) is 10.9. The Hall–Kier alpha value is -4.33. The molecule has 0 atom stereocenters. The molecule has 4 rings (SSSR count). The van der Waals surface area contributed by atoms with Crippen molar-refractivity contribution in [2.24, 2.45) is 0 Å². The maximum absolute atomic E-state index is 13.3. The molecule has 0 radical (unpaired) electrons. The average molecular weight is 502 g/mol. The van der Waals surface area contributed by atoms with E-state index >= 15 is 0 Å². The van der Waals surface area contributed by atoms with E-state index in [4.69, 9.17) is 20.1 Å². The normalized spacial score (nSPS) is 11.8. The quantitative estimate of drug-likeness (QED) is 0.248. The molecule has 1 aromatic carbocycles. The predicted octanol–water partition coefficient (Wildman–Crippen LogP) is -0.235. The van der Waals surface area contributed by atoms with Crippen molar-refractivity contribution in [2.45, 2.75) is 19.8 Å². The smallest absolute Gasteiger partial charge is 0.288 e. The minimum absolute atomic E-state index is 0.00347. The Labute approximate surface area is 202 Å². The first-order valence-corrected chi connectivity index (χ1v) is 10.5. The summed E-state index contributed by atoms with van der Waals surface area (Å²) in [5, 5.41) is 40.0. The lowest BCUT2D eigenvalue weighted by atomic mass is 10.0. The zero-order valence-corrected chi connectivity index (χ0v) is 19.1. The Morgan fingerprint density at radius 2 is 1.83 bits per heavy atom. The molecule has 0 aliphatic carbocycles. The molecular weight excluding hydrogens is 479 g/mol. The number of hydrogen-bond acceptors (Lipinski definition) is 9. The van der Waals surface area contributed by atoms with Gasteiger partial charge >= 0.3 is 0 Å². The maximum atomic E-state index is 13.3. The average Bonchev–Trinajstić information content (AvgIpc) is 2.85. The van der Waals surface area contributed by atoms with Gasteiger partial charge in [0.25, 0.3) is 17.4 Å². The van der Waals surface area contributed by atoms with Crippen LogP contribution in [0.2, 0.25) is 0 Å². The summed E-state index contributed by atoms with van der Waals surface area (Å²) in [4.78, 5) is 42.2. The molecule has 36 heavy (non-hydrogen) atoms. The molecule has 1 aliphatic heterocycles. The highest BCUT2D eigenvalue weighted by Gasteiger charge is 2.30. The SMILES string of the molecule is CCNC(=O)C1=Cn2c(=O)c(C(=O)NC(O)O)c(O)c3ncc(Cc4ccc(F)cc4)c(c32)O1.CO. The van der Waals surface area contributed by atoms with Crippen LogP contribution in [0.4, 0.5) is 4.39 Å². The number of nitrogens with one attached hydrogen (secondary N) is 2. The number of amides is 2. The fraction of sp³-hybridized carbons (Fsp3) is 0.217. The van der Waals surface area contributed by atoms with Crippen molar-refractivity contribution in [3.63, 3.8) is 0 Å². The van der Waals surface area contributed by atoms with Crippen LogP contribution in [-0.2, 0) is 11.2 Å². The third-order valence-electron chi connectivity index (χ3n) is 5.03. The molecule has 13 heteroatoms. The number of benzene rings is 1. The lowest BCUT2D eigenvalue weighted by Gasteiger charge is -2.23. The largest absolute Gasteiger partial charge is 0.505 e. The number of likely N-dealkylation sites (N-methyl/N-ethyl adjacent to an activating group) is 1. The van der Waals surface area contributed by atoms with Crippen molar-refractivity contribution >= 4 is 29.0 Å². The molecule has 1 aliphatic rings. The van der Waals surface area contributed by atoms with Gasteiger partial charge < -0.3 is 35.8 Å². The van der Waals surface area contributed by atoms with Gasteiger partial charge in [-0.1, -0.05) is 12.1 Å². The number of carbonyl (C=O) groups excluding carboxylic acids is 2. The molecule has 2 amide bonds. The summed E-state index contributed by atoms with van der Waals surface area (Å²) in [6, 6.07) is 5.65. The van der Waals surface area contributed by atoms with Crippen LogP contribution in [0.3, 0.4) is 0 Å². The van der Waals surface area contributed by atoms with E-state index in [2.05, 4.69) is 10.3 Å². The number of halogens is 1. The van der Waals surface area contributed by atoms with Gasteiger partial charge in [-0.25, -0.2) is 4.39 Å². The molecule has 0 bridgehead atoms. The topological polar surface area (TPSA) is 183 Å². The minimum atomic E-state index is -2.28. The molecule has 12 nitrogen and oxygen atoms in total. The van der Waals surface area contributed by atoms with Gasteiger partial charge in [-0.05, 0) is 24.6 Å². The Balaban J connectivity index is 0.00000176. The molecule has 0 saturated heterocycles. The van der Waals surface area contributed by atoms with E-state index in [1.54, 1.807) is 24.4 Å². The summed E-state index contributed by atoms with van der Waals surface area (Å²) in [5.41, 5.74) is -0.946. The first-order valence-electron chi connectivity index (χ1n) is 10.5. The molecule has 3 aromatic rings. The molecule has 0 spiro atoms. The number of aromatic nitrogens is 2. The van der Waals surface area contributed by atoms with Gasteiger partial charge in [-0.2, -0.15) is 0 Å². The van der Waals surface area contributed by atoms with Crippen molar-refractivity contribution in [2.75, 3.05) is 13.7 Å². The highest BCUT2D eigenvalue weighted by molar-refractivity contribution is 6.04. The molecule has 0 saturated carbocycles. The first-order chi connectivity index (χ1) is 17.2. The van der Waals surface area contributed by atoms with Crippen LogP contribution in [-0.4, -0.2) is 61.9 Å². The highest BCUT2D eigenvalue weighted by Crippen LogP contribution is 2.38.